The Labute approximate surface area is 197 Å². The minimum absolute atomic E-state index is 0.0763. The van der Waals surface area contributed by atoms with Crippen LogP contribution in [-0.2, 0) is 0 Å². The SMILES string of the molecule is C[C@@H](NCC1CN(c2cccc(C(=O)O)c2F)c2ccccc2O1)c1cccc2ccccc12. The predicted molar refractivity (Wildman–Crippen MR) is 132 cm³/mol. The molecule has 2 atom stereocenters. The molecule has 0 fully saturated rings. The van der Waals surface area contributed by atoms with E-state index in [1.54, 1.807) is 17.0 Å². The van der Waals surface area contributed by atoms with Gasteiger partial charge in [0, 0.05) is 12.6 Å². The Morgan fingerprint density at radius 2 is 1.74 bits per heavy atom. The predicted octanol–water partition coefficient (Wildman–Crippen LogP) is 5.93. The van der Waals surface area contributed by atoms with Crippen LogP contribution in [0.2, 0.25) is 0 Å². The molecule has 1 heterocycles. The van der Waals surface area contributed by atoms with Crippen LogP contribution in [0.1, 0.15) is 28.9 Å². The Morgan fingerprint density at radius 3 is 2.59 bits per heavy atom. The van der Waals surface area contributed by atoms with E-state index in [2.05, 4.69) is 42.6 Å². The van der Waals surface area contributed by atoms with Crippen molar-refractivity contribution < 1.29 is 19.0 Å². The molecule has 0 saturated carbocycles. The first-order chi connectivity index (χ1) is 16.5. The van der Waals surface area contributed by atoms with Gasteiger partial charge in [-0.3, -0.25) is 0 Å². The number of ether oxygens (including phenoxy) is 1. The average molecular weight is 457 g/mol. The first-order valence-corrected chi connectivity index (χ1v) is 11.3. The van der Waals surface area contributed by atoms with Gasteiger partial charge in [-0.1, -0.05) is 60.7 Å². The maximum atomic E-state index is 15.1. The van der Waals surface area contributed by atoms with Gasteiger partial charge in [-0.15, -0.1) is 0 Å². The molecule has 1 aliphatic rings. The zero-order chi connectivity index (χ0) is 23.7. The van der Waals surface area contributed by atoms with Crippen molar-refractivity contribution in [3.8, 4) is 5.75 Å². The van der Waals surface area contributed by atoms with Gasteiger partial charge < -0.3 is 20.1 Å². The van der Waals surface area contributed by atoms with Gasteiger partial charge in [-0.2, -0.15) is 0 Å². The van der Waals surface area contributed by atoms with E-state index in [1.165, 1.54) is 22.4 Å². The molecule has 0 saturated heterocycles. The summed E-state index contributed by atoms with van der Waals surface area (Å²) in [6.07, 6.45) is -0.264. The third kappa shape index (κ3) is 4.08. The van der Waals surface area contributed by atoms with Crippen LogP contribution in [0, 0.1) is 5.82 Å². The summed E-state index contributed by atoms with van der Waals surface area (Å²) in [5.74, 6) is -1.40. The number of carboxylic acids is 1. The number of aromatic carboxylic acids is 1. The third-order valence-corrected chi connectivity index (χ3v) is 6.28. The van der Waals surface area contributed by atoms with Crippen molar-refractivity contribution in [2.45, 2.75) is 19.1 Å². The second kappa shape index (κ2) is 9.15. The molecular weight excluding hydrogens is 431 g/mol. The summed E-state index contributed by atoms with van der Waals surface area (Å²) < 4.78 is 21.4. The van der Waals surface area contributed by atoms with Crippen LogP contribution in [0.3, 0.4) is 0 Å². The topological polar surface area (TPSA) is 61.8 Å². The average Bonchev–Trinajstić information content (AvgIpc) is 2.86. The zero-order valence-electron chi connectivity index (χ0n) is 18.7. The molecule has 5 rings (SSSR count). The zero-order valence-corrected chi connectivity index (χ0v) is 18.7. The van der Waals surface area contributed by atoms with Crippen molar-refractivity contribution in [3.63, 3.8) is 0 Å². The number of carbonyl (C=O) groups is 1. The van der Waals surface area contributed by atoms with Gasteiger partial charge in [-0.05, 0) is 47.5 Å². The number of halogens is 1. The van der Waals surface area contributed by atoms with E-state index in [1.807, 2.05) is 36.4 Å². The van der Waals surface area contributed by atoms with E-state index in [4.69, 9.17) is 4.74 Å². The Kier molecular flexibility index (Phi) is 5.90. The van der Waals surface area contributed by atoms with Gasteiger partial charge in [-0.25, -0.2) is 9.18 Å². The molecule has 5 nitrogen and oxygen atoms in total. The first-order valence-electron chi connectivity index (χ1n) is 11.3. The summed E-state index contributed by atoms with van der Waals surface area (Å²) >= 11 is 0. The summed E-state index contributed by atoms with van der Waals surface area (Å²) in [7, 11) is 0. The highest BCUT2D eigenvalue weighted by Gasteiger charge is 2.29. The minimum Gasteiger partial charge on any atom is -0.485 e. The van der Waals surface area contributed by atoms with Crippen LogP contribution in [-0.4, -0.2) is 30.3 Å². The molecule has 1 aliphatic heterocycles. The number of fused-ring (bicyclic) bond motifs is 2. The number of anilines is 2. The van der Waals surface area contributed by atoms with Crippen LogP contribution in [0.5, 0.6) is 5.75 Å². The summed E-state index contributed by atoms with van der Waals surface area (Å²) in [5, 5.41) is 15.3. The molecular formula is C28H25FN2O3. The molecule has 0 bridgehead atoms. The van der Waals surface area contributed by atoms with E-state index in [0.29, 0.717) is 24.5 Å². The largest absolute Gasteiger partial charge is 0.485 e. The smallest absolute Gasteiger partial charge is 0.338 e. The van der Waals surface area contributed by atoms with Gasteiger partial charge in [0.2, 0.25) is 0 Å². The lowest BCUT2D eigenvalue weighted by molar-refractivity contribution is 0.0692. The van der Waals surface area contributed by atoms with E-state index < -0.39 is 11.8 Å². The lowest BCUT2D eigenvalue weighted by atomic mass is 9.99. The van der Waals surface area contributed by atoms with Crippen LogP contribution >= 0.6 is 0 Å². The third-order valence-electron chi connectivity index (χ3n) is 6.28. The fraction of sp³-hybridized carbons (Fsp3) is 0.179. The lowest BCUT2D eigenvalue weighted by Gasteiger charge is -2.37. The number of para-hydroxylation sites is 2. The Bertz CT molecular complexity index is 1350. The summed E-state index contributed by atoms with van der Waals surface area (Å²) in [5.41, 5.74) is 1.79. The fourth-order valence-corrected chi connectivity index (χ4v) is 4.57. The van der Waals surface area contributed by atoms with Crippen LogP contribution < -0.4 is 15.0 Å². The minimum atomic E-state index is -1.29. The molecule has 172 valence electrons. The molecule has 6 heteroatoms. The lowest BCUT2D eigenvalue weighted by Crippen LogP contribution is -2.44. The highest BCUT2D eigenvalue weighted by molar-refractivity contribution is 5.90. The van der Waals surface area contributed by atoms with Gasteiger partial charge in [0.05, 0.1) is 23.5 Å². The molecule has 0 spiro atoms. The van der Waals surface area contributed by atoms with E-state index in [-0.39, 0.29) is 23.4 Å². The molecule has 0 amide bonds. The Hall–Kier alpha value is -3.90. The van der Waals surface area contributed by atoms with Crippen molar-refractivity contribution in [1.82, 2.24) is 5.32 Å². The van der Waals surface area contributed by atoms with E-state index >= 15 is 4.39 Å². The van der Waals surface area contributed by atoms with E-state index in [0.717, 1.165) is 0 Å². The van der Waals surface area contributed by atoms with Crippen molar-refractivity contribution in [2.75, 3.05) is 18.0 Å². The second-order valence-electron chi connectivity index (χ2n) is 8.46. The maximum absolute atomic E-state index is 15.1. The van der Waals surface area contributed by atoms with Crippen molar-refractivity contribution in [2.24, 2.45) is 0 Å². The number of benzene rings is 4. The maximum Gasteiger partial charge on any atom is 0.338 e. The molecule has 4 aromatic rings. The van der Waals surface area contributed by atoms with Gasteiger partial charge in [0.1, 0.15) is 11.9 Å². The Morgan fingerprint density at radius 1 is 1.03 bits per heavy atom. The summed E-state index contributed by atoms with van der Waals surface area (Å²) in [4.78, 5) is 13.3. The monoisotopic (exact) mass is 456 g/mol. The highest BCUT2D eigenvalue weighted by atomic mass is 19.1. The molecule has 34 heavy (non-hydrogen) atoms. The van der Waals surface area contributed by atoms with Crippen LogP contribution in [0.4, 0.5) is 15.8 Å². The van der Waals surface area contributed by atoms with Gasteiger partial charge in [0.25, 0.3) is 0 Å². The van der Waals surface area contributed by atoms with Crippen LogP contribution in [0.15, 0.2) is 84.9 Å². The quantitative estimate of drug-likeness (QED) is 0.377. The van der Waals surface area contributed by atoms with Crippen molar-refractivity contribution in [3.05, 3.63) is 102 Å². The number of rotatable bonds is 6. The summed E-state index contributed by atoms with van der Waals surface area (Å²) in [6.45, 7) is 3.04. The molecule has 0 radical (unpaired) electrons. The Balaban J connectivity index is 1.40. The molecule has 2 N–H and O–H groups in total. The van der Waals surface area contributed by atoms with Gasteiger partial charge >= 0.3 is 5.97 Å². The molecule has 4 aromatic carbocycles. The second-order valence-corrected chi connectivity index (χ2v) is 8.46. The van der Waals surface area contributed by atoms with Crippen molar-refractivity contribution >= 4 is 28.1 Å². The van der Waals surface area contributed by atoms with E-state index in [9.17, 15) is 9.90 Å². The number of hydrogen-bond acceptors (Lipinski definition) is 4. The molecule has 1 unspecified atom stereocenters. The first kappa shape index (κ1) is 21.9. The van der Waals surface area contributed by atoms with Gasteiger partial charge in [0.15, 0.2) is 5.82 Å². The standard InChI is InChI=1S/C28H25FN2O3/c1-18(21-11-6-9-19-8-2-3-10-22(19)21)30-16-20-17-31(24-13-4-5-15-26(24)34-20)25-14-7-12-23(27(25)29)28(32)33/h2-15,18,20,30H,16-17H2,1H3,(H,32,33)/t18-,20?/m1/s1. The normalized spacial score (nSPS) is 16.1. The number of nitrogens with zero attached hydrogens (tertiary/aromatic N) is 1. The summed E-state index contributed by atoms with van der Waals surface area (Å²) in [6, 6.07) is 26.5. The van der Waals surface area contributed by atoms with Crippen LogP contribution in [0.25, 0.3) is 10.8 Å². The fourth-order valence-electron chi connectivity index (χ4n) is 4.57. The highest BCUT2D eigenvalue weighted by Crippen LogP contribution is 2.39. The number of hydrogen-bond donors (Lipinski definition) is 2. The number of carboxylic acid groups (broad SMARTS) is 1. The number of nitrogens with one attached hydrogen (secondary N) is 1. The molecule has 0 aliphatic carbocycles. The van der Waals surface area contributed by atoms with Crippen molar-refractivity contribution in [1.29, 1.82) is 0 Å². The molecule has 0 aromatic heterocycles.